The summed E-state index contributed by atoms with van der Waals surface area (Å²) in [5.74, 6) is -0.984. The number of imide groups is 1. The third-order valence-electron chi connectivity index (χ3n) is 4.38. The lowest BCUT2D eigenvalue weighted by Gasteiger charge is -2.18. The zero-order chi connectivity index (χ0) is 17.1. The van der Waals surface area contributed by atoms with E-state index in [1.165, 1.54) is 0 Å². The van der Waals surface area contributed by atoms with Gasteiger partial charge in [0.1, 0.15) is 6.04 Å². The highest BCUT2D eigenvalue weighted by molar-refractivity contribution is 6.03. The fraction of sp³-hybridized carbons (Fsp3) is 0.389. The molecule has 0 radical (unpaired) electrons. The van der Waals surface area contributed by atoms with Gasteiger partial charge in [0.05, 0.1) is 0 Å². The first-order valence-electron chi connectivity index (χ1n) is 8.25. The van der Waals surface area contributed by atoms with Gasteiger partial charge in [-0.15, -0.1) is 0 Å². The van der Waals surface area contributed by atoms with Gasteiger partial charge in [-0.2, -0.15) is 0 Å². The fourth-order valence-corrected chi connectivity index (χ4v) is 3.14. The van der Waals surface area contributed by atoms with Gasteiger partial charge < -0.3 is 10.6 Å². The zero-order valence-corrected chi connectivity index (χ0v) is 13.6. The maximum Gasteiger partial charge on any atom is 0.252 e. The van der Waals surface area contributed by atoms with Gasteiger partial charge in [0.15, 0.2) is 0 Å². The van der Waals surface area contributed by atoms with Gasteiger partial charge in [-0.05, 0) is 50.3 Å². The van der Waals surface area contributed by atoms with Gasteiger partial charge >= 0.3 is 0 Å². The van der Waals surface area contributed by atoms with E-state index in [4.69, 9.17) is 0 Å². The van der Waals surface area contributed by atoms with E-state index >= 15 is 0 Å². The van der Waals surface area contributed by atoms with Crippen LogP contribution in [0.5, 0.6) is 0 Å². The Morgan fingerprint density at radius 3 is 2.88 bits per heavy atom. The van der Waals surface area contributed by atoms with Crippen molar-refractivity contribution in [2.75, 3.05) is 5.32 Å². The molecule has 0 bridgehead atoms. The number of amides is 3. The highest BCUT2D eigenvalue weighted by atomic mass is 16.2. The van der Waals surface area contributed by atoms with Crippen LogP contribution in [0.3, 0.4) is 0 Å². The molecule has 24 heavy (non-hydrogen) atoms. The third-order valence-corrected chi connectivity index (χ3v) is 4.38. The van der Waals surface area contributed by atoms with Crippen LogP contribution >= 0.6 is 0 Å². The van der Waals surface area contributed by atoms with E-state index in [0.717, 1.165) is 29.8 Å². The van der Waals surface area contributed by atoms with E-state index in [1.807, 2.05) is 19.1 Å². The van der Waals surface area contributed by atoms with Crippen LogP contribution in [0, 0.1) is 0 Å². The normalized spacial score (nSPS) is 20.7. The van der Waals surface area contributed by atoms with Crippen LogP contribution in [-0.2, 0) is 16.0 Å². The number of fused-ring (bicyclic) bond motifs is 1. The summed E-state index contributed by atoms with van der Waals surface area (Å²) in [6, 6.07) is 4.89. The molecular formula is C18H21N3O3. The molecule has 126 valence electrons. The number of carbonyl (C=O) groups is 3. The Labute approximate surface area is 140 Å². The molecule has 1 atom stereocenters. The van der Waals surface area contributed by atoms with E-state index < -0.39 is 11.9 Å². The molecule has 3 N–H and O–H groups in total. The number of hydrogen-bond acceptors (Lipinski definition) is 4. The maximum absolute atomic E-state index is 12.7. The SMILES string of the molecule is CC1=CCCc2c(cccc2C(=O)NC2CCCC(=O)NC2=O)N1. The van der Waals surface area contributed by atoms with Crippen LogP contribution in [-0.4, -0.2) is 23.8 Å². The minimum Gasteiger partial charge on any atom is -0.359 e. The molecule has 0 saturated carbocycles. The summed E-state index contributed by atoms with van der Waals surface area (Å²) in [6.07, 6.45) is 5.09. The average molecular weight is 327 g/mol. The van der Waals surface area contributed by atoms with Gasteiger partial charge in [-0.3, -0.25) is 19.7 Å². The van der Waals surface area contributed by atoms with Crippen molar-refractivity contribution in [2.24, 2.45) is 0 Å². The largest absolute Gasteiger partial charge is 0.359 e. The van der Waals surface area contributed by atoms with Gasteiger partial charge in [-0.1, -0.05) is 12.1 Å². The molecule has 0 aromatic heterocycles. The summed E-state index contributed by atoms with van der Waals surface area (Å²) in [4.78, 5) is 36.1. The minimum atomic E-state index is -0.668. The quantitative estimate of drug-likeness (QED) is 0.724. The van der Waals surface area contributed by atoms with Crippen molar-refractivity contribution < 1.29 is 14.4 Å². The van der Waals surface area contributed by atoms with Gasteiger partial charge in [0.25, 0.3) is 5.91 Å². The highest BCUT2D eigenvalue weighted by Gasteiger charge is 2.27. The Balaban J connectivity index is 1.80. The molecule has 2 aliphatic heterocycles. The topological polar surface area (TPSA) is 87.3 Å². The van der Waals surface area contributed by atoms with Crippen molar-refractivity contribution in [2.45, 2.75) is 45.1 Å². The Hall–Kier alpha value is -2.63. The molecule has 3 rings (SSSR count). The summed E-state index contributed by atoms with van der Waals surface area (Å²) >= 11 is 0. The van der Waals surface area contributed by atoms with E-state index in [0.29, 0.717) is 24.8 Å². The van der Waals surface area contributed by atoms with Crippen molar-refractivity contribution in [3.05, 3.63) is 41.1 Å². The molecule has 6 heteroatoms. The molecule has 0 spiro atoms. The Morgan fingerprint density at radius 2 is 2.04 bits per heavy atom. The molecule has 0 aliphatic carbocycles. The van der Waals surface area contributed by atoms with Crippen molar-refractivity contribution in [1.29, 1.82) is 0 Å². The van der Waals surface area contributed by atoms with Crippen LogP contribution in [0.1, 0.15) is 48.5 Å². The maximum atomic E-state index is 12.7. The lowest BCUT2D eigenvalue weighted by atomic mass is 10.00. The Bertz CT molecular complexity index is 724. The van der Waals surface area contributed by atoms with Crippen LogP contribution < -0.4 is 16.0 Å². The summed E-state index contributed by atoms with van der Waals surface area (Å²) in [6.45, 7) is 1.99. The summed E-state index contributed by atoms with van der Waals surface area (Å²) in [5.41, 5.74) is 3.52. The molecule has 6 nitrogen and oxygen atoms in total. The molecule has 1 unspecified atom stereocenters. The number of hydrogen-bond donors (Lipinski definition) is 3. The summed E-state index contributed by atoms with van der Waals surface area (Å²) in [5, 5.41) is 8.40. The second-order valence-corrected chi connectivity index (χ2v) is 6.21. The molecule has 2 aliphatic rings. The van der Waals surface area contributed by atoms with E-state index in [2.05, 4.69) is 22.0 Å². The predicted octanol–water partition coefficient (Wildman–Crippen LogP) is 1.87. The van der Waals surface area contributed by atoms with Crippen molar-refractivity contribution in [3.8, 4) is 0 Å². The molecule has 1 fully saturated rings. The van der Waals surface area contributed by atoms with Crippen LogP contribution in [0.25, 0.3) is 0 Å². The standard InChI is InChI=1S/C18H21N3O3/c1-11-5-2-6-12-13(7-3-8-14(12)19-11)17(23)20-15-9-4-10-16(22)21-18(15)24/h3,5,7-8,15,19H,2,4,6,9-10H2,1H3,(H,20,23)(H,21,22,24). The number of carbonyl (C=O) groups excluding carboxylic acids is 3. The van der Waals surface area contributed by atoms with Gasteiger partial charge in [0.2, 0.25) is 11.8 Å². The first-order valence-corrected chi connectivity index (χ1v) is 8.25. The van der Waals surface area contributed by atoms with Gasteiger partial charge in [-0.25, -0.2) is 0 Å². The Morgan fingerprint density at radius 1 is 1.21 bits per heavy atom. The smallest absolute Gasteiger partial charge is 0.252 e. The number of allylic oxidation sites excluding steroid dienone is 2. The lowest BCUT2D eigenvalue weighted by molar-refractivity contribution is -0.130. The molecule has 2 heterocycles. The molecule has 3 amide bonds. The van der Waals surface area contributed by atoms with Crippen molar-refractivity contribution >= 4 is 23.4 Å². The minimum absolute atomic E-state index is 0.275. The number of rotatable bonds is 2. The highest BCUT2D eigenvalue weighted by Crippen LogP contribution is 2.26. The second-order valence-electron chi connectivity index (χ2n) is 6.21. The van der Waals surface area contributed by atoms with Crippen molar-refractivity contribution in [1.82, 2.24) is 10.6 Å². The fourth-order valence-electron chi connectivity index (χ4n) is 3.14. The lowest BCUT2D eigenvalue weighted by Crippen LogP contribution is -2.46. The van der Waals surface area contributed by atoms with Crippen LogP contribution in [0.15, 0.2) is 30.0 Å². The Kier molecular flexibility index (Phi) is 4.64. The van der Waals surface area contributed by atoms with Gasteiger partial charge in [0, 0.05) is 23.4 Å². The van der Waals surface area contributed by atoms with E-state index in [-0.39, 0.29) is 11.8 Å². The average Bonchev–Trinajstić information content (AvgIpc) is 2.82. The first kappa shape index (κ1) is 16.2. The van der Waals surface area contributed by atoms with E-state index in [1.54, 1.807) is 6.07 Å². The number of nitrogens with one attached hydrogen (secondary N) is 3. The molecule has 1 aromatic rings. The van der Waals surface area contributed by atoms with Crippen molar-refractivity contribution in [3.63, 3.8) is 0 Å². The first-order chi connectivity index (χ1) is 11.5. The molecule has 1 saturated heterocycles. The van der Waals surface area contributed by atoms with Crippen LogP contribution in [0.4, 0.5) is 5.69 Å². The summed E-state index contributed by atoms with van der Waals surface area (Å²) < 4.78 is 0. The zero-order valence-electron chi connectivity index (χ0n) is 13.6. The second kappa shape index (κ2) is 6.86. The monoisotopic (exact) mass is 327 g/mol. The molecular weight excluding hydrogens is 306 g/mol. The van der Waals surface area contributed by atoms with Crippen LogP contribution in [0.2, 0.25) is 0 Å². The summed E-state index contributed by atoms with van der Waals surface area (Å²) in [7, 11) is 0. The third kappa shape index (κ3) is 3.48. The molecule has 1 aromatic carbocycles. The number of anilines is 1. The van der Waals surface area contributed by atoms with E-state index in [9.17, 15) is 14.4 Å². The predicted molar refractivity (Wildman–Crippen MR) is 90.4 cm³/mol. The number of benzene rings is 1.